The molecule has 6 aromatic rings. The first kappa shape index (κ1) is 25.6. The first-order valence-corrected chi connectivity index (χ1v) is 13.9. The number of pyridine rings is 1. The third kappa shape index (κ3) is 4.77. The first-order chi connectivity index (χ1) is 19.4. The molecule has 4 heteroatoms. The van der Waals surface area contributed by atoms with Crippen molar-refractivity contribution in [3.05, 3.63) is 120 Å². The van der Waals surface area contributed by atoms with Crippen LogP contribution in [0.25, 0.3) is 50.6 Å². The van der Waals surface area contributed by atoms with E-state index in [1.807, 2.05) is 42.5 Å². The predicted octanol–water partition coefficient (Wildman–Crippen LogP) is 9.37. The van der Waals surface area contributed by atoms with Gasteiger partial charge in [0, 0.05) is 22.4 Å². The molecular formula is C36H33N3O. The van der Waals surface area contributed by atoms with E-state index < -0.39 is 0 Å². The largest absolute Gasteiger partial charge is 0.507 e. The van der Waals surface area contributed by atoms with Gasteiger partial charge in [0.1, 0.15) is 11.6 Å². The van der Waals surface area contributed by atoms with E-state index in [1.165, 1.54) is 11.1 Å². The van der Waals surface area contributed by atoms with Crippen LogP contribution in [-0.4, -0.2) is 19.6 Å². The van der Waals surface area contributed by atoms with Gasteiger partial charge in [-0.15, -0.1) is 0 Å². The maximum absolute atomic E-state index is 10.4. The summed E-state index contributed by atoms with van der Waals surface area (Å²) in [5.41, 5.74) is 10.1. The van der Waals surface area contributed by atoms with Crippen LogP contribution in [0.1, 0.15) is 50.7 Å². The number of benzene rings is 4. The third-order valence-corrected chi connectivity index (χ3v) is 7.46. The summed E-state index contributed by atoms with van der Waals surface area (Å²) in [7, 11) is 0. The van der Waals surface area contributed by atoms with E-state index in [1.54, 1.807) is 6.07 Å². The number of aromatic nitrogens is 3. The Morgan fingerprint density at radius 1 is 0.600 bits per heavy atom. The average molecular weight is 524 g/mol. The molecule has 6 rings (SSSR count). The highest BCUT2D eigenvalue weighted by Gasteiger charge is 2.17. The van der Waals surface area contributed by atoms with Crippen molar-refractivity contribution in [3.8, 4) is 45.3 Å². The minimum atomic E-state index is 0.221. The Bertz CT molecular complexity index is 1800. The van der Waals surface area contributed by atoms with Crippen molar-refractivity contribution in [2.75, 3.05) is 0 Å². The van der Waals surface area contributed by atoms with Crippen molar-refractivity contribution in [2.24, 2.45) is 0 Å². The maximum Gasteiger partial charge on any atom is 0.145 e. The Morgan fingerprint density at radius 3 is 2.00 bits per heavy atom. The number of aromatic hydroxyl groups is 1. The van der Waals surface area contributed by atoms with E-state index in [0.717, 1.165) is 45.1 Å². The molecule has 0 fully saturated rings. The first-order valence-electron chi connectivity index (χ1n) is 13.9. The van der Waals surface area contributed by atoms with Crippen LogP contribution < -0.4 is 0 Å². The van der Waals surface area contributed by atoms with Gasteiger partial charge in [0.05, 0.1) is 22.4 Å². The molecule has 0 saturated heterocycles. The lowest BCUT2D eigenvalue weighted by Crippen LogP contribution is -2.02. The Morgan fingerprint density at radius 2 is 1.25 bits per heavy atom. The molecule has 0 spiro atoms. The van der Waals surface area contributed by atoms with Gasteiger partial charge >= 0.3 is 0 Å². The lowest BCUT2D eigenvalue weighted by atomic mass is 9.94. The zero-order valence-electron chi connectivity index (χ0n) is 23.3. The van der Waals surface area contributed by atoms with Crippen LogP contribution in [0, 0.1) is 0 Å². The number of fused-ring (bicyclic) bond motifs is 1. The smallest absolute Gasteiger partial charge is 0.145 e. The van der Waals surface area contributed by atoms with E-state index in [9.17, 15) is 5.11 Å². The summed E-state index contributed by atoms with van der Waals surface area (Å²) in [6, 6.07) is 36.9. The fourth-order valence-electron chi connectivity index (χ4n) is 5.19. The fraction of sp³-hybridized carbons (Fsp3) is 0.167. The van der Waals surface area contributed by atoms with Crippen LogP contribution in [-0.2, 0) is 0 Å². The molecule has 0 amide bonds. The highest BCUT2D eigenvalue weighted by molar-refractivity contribution is 5.84. The molecule has 0 saturated carbocycles. The molecule has 0 atom stereocenters. The molecule has 0 aliphatic heterocycles. The monoisotopic (exact) mass is 523 g/mol. The second-order valence-electron chi connectivity index (χ2n) is 10.9. The van der Waals surface area contributed by atoms with E-state index >= 15 is 0 Å². The van der Waals surface area contributed by atoms with Crippen LogP contribution in [0.5, 0.6) is 5.75 Å². The van der Waals surface area contributed by atoms with E-state index in [0.29, 0.717) is 17.4 Å². The number of phenolic OH excluding ortho intramolecular Hbond substituents is 1. The molecule has 0 aliphatic carbocycles. The van der Waals surface area contributed by atoms with Gasteiger partial charge in [-0.3, -0.25) is 4.57 Å². The minimum absolute atomic E-state index is 0.221. The second-order valence-corrected chi connectivity index (χ2v) is 10.9. The Kier molecular flexibility index (Phi) is 6.69. The van der Waals surface area contributed by atoms with Gasteiger partial charge in [0.2, 0.25) is 0 Å². The van der Waals surface area contributed by atoms with E-state index in [2.05, 4.69) is 92.9 Å². The molecule has 0 radical (unpaired) electrons. The zero-order chi connectivity index (χ0) is 27.8. The van der Waals surface area contributed by atoms with Crippen LogP contribution in [0.3, 0.4) is 0 Å². The molecule has 0 aliphatic rings. The molecule has 4 nitrogen and oxygen atoms in total. The summed E-state index contributed by atoms with van der Waals surface area (Å²) >= 11 is 0. The summed E-state index contributed by atoms with van der Waals surface area (Å²) in [6.45, 7) is 8.98. The van der Waals surface area contributed by atoms with Crippen LogP contribution in [0.4, 0.5) is 0 Å². The van der Waals surface area contributed by atoms with Gasteiger partial charge in [0.15, 0.2) is 0 Å². The summed E-state index contributed by atoms with van der Waals surface area (Å²) in [5.74, 6) is 1.96. The fourth-order valence-corrected chi connectivity index (χ4v) is 5.19. The van der Waals surface area contributed by atoms with Crippen molar-refractivity contribution >= 4 is 11.0 Å². The van der Waals surface area contributed by atoms with Crippen molar-refractivity contribution in [1.82, 2.24) is 14.5 Å². The molecule has 0 unspecified atom stereocenters. The van der Waals surface area contributed by atoms with Crippen molar-refractivity contribution in [2.45, 2.75) is 39.5 Å². The van der Waals surface area contributed by atoms with E-state index in [-0.39, 0.29) is 5.75 Å². The van der Waals surface area contributed by atoms with Crippen molar-refractivity contribution < 1.29 is 5.11 Å². The van der Waals surface area contributed by atoms with Gasteiger partial charge in [-0.25, -0.2) is 9.97 Å². The van der Waals surface area contributed by atoms with Crippen LogP contribution in [0.15, 0.2) is 109 Å². The van der Waals surface area contributed by atoms with Crippen molar-refractivity contribution in [3.63, 3.8) is 0 Å². The maximum atomic E-state index is 10.4. The van der Waals surface area contributed by atoms with Gasteiger partial charge in [-0.05, 0) is 77.6 Å². The molecule has 1 N–H and O–H groups in total. The Hall–Kier alpha value is -4.70. The number of imidazole rings is 1. The van der Waals surface area contributed by atoms with Gasteiger partial charge in [0.25, 0.3) is 0 Å². The molecule has 40 heavy (non-hydrogen) atoms. The third-order valence-electron chi connectivity index (χ3n) is 7.46. The number of hydrogen-bond donors (Lipinski definition) is 1. The normalized spacial score (nSPS) is 11.6. The number of phenols is 1. The summed E-state index contributed by atoms with van der Waals surface area (Å²) < 4.78 is 2.29. The average Bonchev–Trinajstić information content (AvgIpc) is 3.37. The van der Waals surface area contributed by atoms with Crippen molar-refractivity contribution in [1.29, 1.82) is 0 Å². The molecule has 2 heterocycles. The van der Waals surface area contributed by atoms with Crippen LogP contribution in [0.2, 0.25) is 0 Å². The predicted molar refractivity (Wildman–Crippen MR) is 165 cm³/mol. The summed E-state index contributed by atoms with van der Waals surface area (Å²) in [5, 5.41) is 10.4. The quantitative estimate of drug-likeness (QED) is 0.237. The standard InChI is InChI=1S/C36H33N3O/c1-23(2)27-20-28(24(3)4)22-29(21-27)39-34-17-7-6-14-33(34)38-36(39)26-12-9-11-25(19-26)31-15-10-16-32(37-31)30-13-5-8-18-35(30)40/h5-24,40H,1-4H3. The lowest BCUT2D eigenvalue weighted by molar-refractivity contribution is 0.477. The topological polar surface area (TPSA) is 50.9 Å². The molecule has 4 aromatic carbocycles. The molecular weight excluding hydrogens is 490 g/mol. The Labute approximate surface area is 235 Å². The van der Waals surface area contributed by atoms with Crippen LogP contribution >= 0.6 is 0 Å². The number of rotatable bonds is 6. The molecule has 0 bridgehead atoms. The lowest BCUT2D eigenvalue weighted by Gasteiger charge is -2.17. The summed E-state index contributed by atoms with van der Waals surface area (Å²) in [4.78, 5) is 10.0. The highest BCUT2D eigenvalue weighted by Crippen LogP contribution is 2.34. The number of para-hydroxylation sites is 3. The minimum Gasteiger partial charge on any atom is -0.507 e. The zero-order valence-corrected chi connectivity index (χ0v) is 23.3. The number of hydrogen-bond acceptors (Lipinski definition) is 3. The molecule has 2 aromatic heterocycles. The van der Waals surface area contributed by atoms with Gasteiger partial charge < -0.3 is 5.11 Å². The highest BCUT2D eigenvalue weighted by atomic mass is 16.3. The second kappa shape index (κ2) is 10.5. The number of nitrogens with zero attached hydrogens (tertiary/aromatic N) is 3. The SMILES string of the molecule is CC(C)c1cc(C(C)C)cc(-n2c(-c3cccc(-c4cccc(-c5ccccc5O)n4)c3)nc3ccccc32)c1. The molecule has 198 valence electrons. The van der Waals surface area contributed by atoms with Gasteiger partial charge in [-0.2, -0.15) is 0 Å². The van der Waals surface area contributed by atoms with E-state index in [4.69, 9.17) is 9.97 Å². The van der Waals surface area contributed by atoms with Gasteiger partial charge in [-0.1, -0.05) is 82.3 Å². The summed E-state index contributed by atoms with van der Waals surface area (Å²) in [6.07, 6.45) is 0. The Balaban J connectivity index is 1.52.